The molecule has 1 aromatic rings. The van der Waals surface area contributed by atoms with Crippen molar-refractivity contribution in [1.29, 1.82) is 0 Å². The van der Waals surface area contributed by atoms with Crippen LogP contribution in [0.15, 0.2) is 30.3 Å². The number of hydrogen-bond acceptors (Lipinski definition) is 3. The second kappa shape index (κ2) is 7.85. The maximum absolute atomic E-state index is 6.78. The quantitative estimate of drug-likeness (QED) is 0.653. The Labute approximate surface area is 166 Å². The Morgan fingerprint density at radius 3 is 2.19 bits per heavy atom. The van der Waals surface area contributed by atoms with Gasteiger partial charge >= 0.3 is 0 Å². The first-order valence-corrected chi connectivity index (χ1v) is 10.8. The molecule has 3 nitrogen and oxygen atoms in total. The predicted molar refractivity (Wildman–Crippen MR) is 112 cm³/mol. The first kappa shape index (κ1) is 20.8. The minimum Gasteiger partial charge on any atom is -0.349 e. The molecule has 2 heterocycles. The van der Waals surface area contributed by atoms with Crippen LogP contribution >= 0.6 is 0 Å². The second-order valence-corrected chi connectivity index (χ2v) is 9.89. The molecule has 27 heavy (non-hydrogen) atoms. The van der Waals surface area contributed by atoms with Crippen molar-refractivity contribution in [2.75, 3.05) is 6.61 Å². The highest BCUT2D eigenvalue weighted by atomic mass is 16.7. The average Bonchev–Trinajstić information content (AvgIpc) is 2.59. The van der Waals surface area contributed by atoms with Gasteiger partial charge in [-0.1, -0.05) is 50.6 Å². The highest BCUT2D eigenvalue weighted by molar-refractivity contribution is 5.17. The van der Waals surface area contributed by atoms with E-state index in [4.69, 9.17) is 9.47 Å². The average molecular weight is 374 g/mol. The number of hydrogen-bond donors (Lipinski definition) is 0. The van der Waals surface area contributed by atoms with Crippen LogP contribution in [0.1, 0.15) is 79.2 Å². The summed E-state index contributed by atoms with van der Waals surface area (Å²) in [5.74, 6) is 0.0928. The molecule has 0 aliphatic carbocycles. The Hall–Kier alpha value is -0.900. The summed E-state index contributed by atoms with van der Waals surface area (Å²) in [6, 6.07) is 10.8. The third-order valence-electron chi connectivity index (χ3n) is 6.60. The largest absolute Gasteiger partial charge is 0.349 e. The van der Waals surface area contributed by atoms with E-state index in [1.54, 1.807) is 0 Å². The van der Waals surface area contributed by atoms with E-state index in [0.717, 1.165) is 38.8 Å². The zero-order valence-electron chi connectivity index (χ0n) is 18.3. The maximum Gasteiger partial charge on any atom is 0.172 e. The molecule has 1 aromatic carbocycles. The number of benzene rings is 1. The topological polar surface area (TPSA) is 21.7 Å². The van der Waals surface area contributed by atoms with Gasteiger partial charge in [-0.15, -0.1) is 0 Å². The van der Waals surface area contributed by atoms with Gasteiger partial charge < -0.3 is 9.47 Å². The summed E-state index contributed by atoms with van der Waals surface area (Å²) in [6.45, 7) is 15.7. The van der Waals surface area contributed by atoms with E-state index in [1.807, 2.05) is 0 Å². The molecule has 2 unspecified atom stereocenters. The smallest absolute Gasteiger partial charge is 0.172 e. The lowest BCUT2D eigenvalue weighted by atomic mass is 9.75. The van der Waals surface area contributed by atoms with Crippen molar-refractivity contribution in [2.45, 2.75) is 103 Å². The molecule has 2 aliphatic heterocycles. The van der Waals surface area contributed by atoms with Crippen LogP contribution in [0.5, 0.6) is 0 Å². The number of likely N-dealkylation sites (tertiary alicyclic amines) is 1. The van der Waals surface area contributed by atoms with Gasteiger partial charge in [0.2, 0.25) is 0 Å². The molecule has 0 bridgehead atoms. The molecule has 2 saturated heterocycles. The zero-order chi connectivity index (χ0) is 19.7. The summed E-state index contributed by atoms with van der Waals surface area (Å²) >= 11 is 0. The van der Waals surface area contributed by atoms with Crippen LogP contribution < -0.4 is 0 Å². The Kier molecular flexibility index (Phi) is 6.05. The van der Waals surface area contributed by atoms with Gasteiger partial charge in [-0.25, -0.2) is 0 Å². The molecule has 2 aliphatic rings. The van der Waals surface area contributed by atoms with E-state index in [9.17, 15) is 0 Å². The van der Waals surface area contributed by atoms with Gasteiger partial charge in [0.25, 0.3) is 0 Å². The summed E-state index contributed by atoms with van der Waals surface area (Å²) in [6.07, 6.45) is 5.62. The van der Waals surface area contributed by atoms with Gasteiger partial charge in [0, 0.05) is 36.4 Å². The lowest BCUT2D eigenvalue weighted by Gasteiger charge is -2.61. The minimum absolute atomic E-state index is 0.00735. The fourth-order valence-corrected chi connectivity index (χ4v) is 5.50. The van der Waals surface area contributed by atoms with E-state index in [1.165, 1.54) is 12.0 Å². The molecule has 0 radical (unpaired) electrons. The lowest BCUT2D eigenvalue weighted by molar-refractivity contribution is -0.350. The van der Waals surface area contributed by atoms with Gasteiger partial charge in [0.05, 0.1) is 12.7 Å². The van der Waals surface area contributed by atoms with Crippen LogP contribution in [-0.4, -0.2) is 34.5 Å². The minimum atomic E-state index is -0.439. The Morgan fingerprint density at radius 1 is 1.00 bits per heavy atom. The van der Waals surface area contributed by atoms with Crippen LogP contribution in [0.2, 0.25) is 0 Å². The van der Waals surface area contributed by atoms with Crippen LogP contribution in [0.25, 0.3) is 0 Å². The third-order valence-corrected chi connectivity index (χ3v) is 6.60. The number of rotatable bonds is 5. The molecule has 2 fully saturated rings. The molecule has 0 amide bonds. The van der Waals surface area contributed by atoms with Gasteiger partial charge in [-0.3, -0.25) is 4.90 Å². The van der Waals surface area contributed by atoms with Crippen molar-refractivity contribution in [3.05, 3.63) is 35.9 Å². The van der Waals surface area contributed by atoms with Gasteiger partial charge in [-0.05, 0) is 46.1 Å². The van der Waals surface area contributed by atoms with Crippen molar-refractivity contribution in [3.63, 3.8) is 0 Å². The molecule has 3 heteroatoms. The first-order chi connectivity index (χ1) is 12.7. The molecule has 2 atom stereocenters. The fraction of sp³-hybridized carbons (Fsp3) is 0.750. The monoisotopic (exact) mass is 373 g/mol. The molecular weight excluding hydrogens is 334 g/mol. The van der Waals surface area contributed by atoms with E-state index in [0.29, 0.717) is 12.0 Å². The van der Waals surface area contributed by atoms with Gasteiger partial charge in [-0.2, -0.15) is 0 Å². The zero-order valence-corrected chi connectivity index (χ0v) is 18.3. The van der Waals surface area contributed by atoms with E-state index >= 15 is 0 Å². The normalized spacial score (nSPS) is 29.7. The summed E-state index contributed by atoms with van der Waals surface area (Å²) in [5, 5.41) is 0. The molecular formula is C24H39NO2. The Morgan fingerprint density at radius 2 is 1.63 bits per heavy atom. The van der Waals surface area contributed by atoms with Gasteiger partial charge in [0.1, 0.15) is 0 Å². The van der Waals surface area contributed by atoms with Crippen molar-refractivity contribution >= 4 is 0 Å². The van der Waals surface area contributed by atoms with E-state index in [-0.39, 0.29) is 11.1 Å². The molecule has 0 saturated carbocycles. The van der Waals surface area contributed by atoms with Crippen molar-refractivity contribution in [3.8, 4) is 0 Å². The maximum atomic E-state index is 6.78. The van der Waals surface area contributed by atoms with Crippen LogP contribution in [-0.2, 0) is 16.0 Å². The predicted octanol–water partition coefficient (Wildman–Crippen LogP) is 5.78. The Balaban J connectivity index is 1.82. The van der Waals surface area contributed by atoms with Crippen molar-refractivity contribution in [1.82, 2.24) is 4.90 Å². The summed E-state index contributed by atoms with van der Waals surface area (Å²) in [4.78, 5) is 2.65. The molecule has 3 rings (SSSR count). The molecule has 152 valence electrons. The second-order valence-electron chi connectivity index (χ2n) is 9.89. The molecule has 1 spiro atoms. The molecule has 0 aromatic heterocycles. The van der Waals surface area contributed by atoms with Crippen molar-refractivity contribution in [2.24, 2.45) is 5.92 Å². The standard InChI is InChI=1S/C24H39NO2/c1-7-12-21-20(8-2)16-26-24(27-21)17-22(3,4)25(23(5,6)18-24)15-19-13-10-9-11-14-19/h9-11,13-14,20-21H,7-8,12,15-18H2,1-6H3. The third kappa shape index (κ3) is 4.41. The van der Waals surface area contributed by atoms with Crippen LogP contribution in [0.4, 0.5) is 0 Å². The highest BCUT2D eigenvalue weighted by Gasteiger charge is 2.56. The number of ether oxygens (including phenoxy) is 2. The van der Waals surface area contributed by atoms with E-state index in [2.05, 4.69) is 76.8 Å². The van der Waals surface area contributed by atoms with Crippen molar-refractivity contribution < 1.29 is 9.47 Å². The number of nitrogens with zero attached hydrogens (tertiary/aromatic N) is 1. The highest BCUT2D eigenvalue weighted by Crippen LogP contribution is 2.49. The lowest BCUT2D eigenvalue weighted by Crippen LogP contribution is -2.68. The van der Waals surface area contributed by atoms with Crippen LogP contribution in [0, 0.1) is 5.92 Å². The first-order valence-electron chi connectivity index (χ1n) is 10.8. The SMILES string of the molecule is CCCC1OC2(CC(C)(C)N(Cc3ccccc3)C(C)(C)C2)OCC1CC. The van der Waals surface area contributed by atoms with Gasteiger partial charge in [0.15, 0.2) is 5.79 Å². The number of piperidine rings is 1. The summed E-state index contributed by atoms with van der Waals surface area (Å²) in [5.41, 5.74) is 1.39. The summed E-state index contributed by atoms with van der Waals surface area (Å²) < 4.78 is 13.3. The summed E-state index contributed by atoms with van der Waals surface area (Å²) in [7, 11) is 0. The Bertz CT molecular complexity index is 592. The molecule has 0 N–H and O–H groups in total. The fourth-order valence-electron chi connectivity index (χ4n) is 5.50. The van der Waals surface area contributed by atoms with E-state index < -0.39 is 5.79 Å². The van der Waals surface area contributed by atoms with Crippen LogP contribution in [0.3, 0.4) is 0 Å².